The molecule has 0 bridgehead atoms. The van der Waals surface area contributed by atoms with Gasteiger partial charge in [-0.25, -0.2) is 4.79 Å². The summed E-state index contributed by atoms with van der Waals surface area (Å²) in [5, 5.41) is 11.1. The van der Waals surface area contributed by atoms with Gasteiger partial charge in [-0.3, -0.25) is 4.79 Å². The molecule has 12 heavy (non-hydrogen) atoms. The van der Waals surface area contributed by atoms with Gasteiger partial charge in [0, 0.05) is 0 Å². The standard InChI is InChI=1S/C7H11NO3S/c9-4-8-6(7(10)11)5-1-2-12-3-5/h4-6H,1-3H2,(H,8,9)(H,10,11). The lowest BCUT2D eigenvalue weighted by molar-refractivity contribution is -0.141. The number of rotatable bonds is 4. The summed E-state index contributed by atoms with van der Waals surface area (Å²) in [5.41, 5.74) is 0. The Morgan fingerprint density at radius 3 is 2.92 bits per heavy atom. The summed E-state index contributed by atoms with van der Waals surface area (Å²) in [7, 11) is 0. The molecular formula is C7H11NO3S. The number of hydrogen-bond donors (Lipinski definition) is 2. The maximum absolute atomic E-state index is 10.6. The van der Waals surface area contributed by atoms with Crippen LogP contribution in [0.2, 0.25) is 0 Å². The second-order valence-electron chi connectivity index (χ2n) is 2.72. The van der Waals surface area contributed by atoms with E-state index in [2.05, 4.69) is 5.32 Å². The van der Waals surface area contributed by atoms with Crippen LogP contribution in [0.5, 0.6) is 0 Å². The summed E-state index contributed by atoms with van der Waals surface area (Å²) >= 11 is 1.73. The first kappa shape index (κ1) is 9.38. The first-order valence-corrected chi connectivity index (χ1v) is 4.91. The number of carboxylic acids is 1. The molecule has 1 aliphatic rings. The van der Waals surface area contributed by atoms with Crippen molar-refractivity contribution < 1.29 is 14.7 Å². The highest BCUT2D eigenvalue weighted by Gasteiger charge is 2.30. The molecule has 2 N–H and O–H groups in total. The van der Waals surface area contributed by atoms with Crippen molar-refractivity contribution in [2.75, 3.05) is 11.5 Å². The average molecular weight is 189 g/mol. The van der Waals surface area contributed by atoms with Gasteiger partial charge in [0.25, 0.3) is 0 Å². The highest BCUT2D eigenvalue weighted by atomic mass is 32.2. The number of nitrogens with one attached hydrogen (secondary N) is 1. The maximum Gasteiger partial charge on any atom is 0.326 e. The zero-order chi connectivity index (χ0) is 8.97. The fourth-order valence-corrected chi connectivity index (χ4v) is 2.60. The zero-order valence-corrected chi connectivity index (χ0v) is 7.34. The predicted molar refractivity (Wildman–Crippen MR) is 46.1 cm³/mol. The van der Waals surface area contributed by atoms with E-state index in [1.165, 1.54) is 0 Å². The van der Waals surface area contributed by atoms with Gasteiger partial charge in [-0.05, 0) is 23.8 Å². The smallest absolute Gasteiger partial charge is 0.326 e. The number of carbonyl (C=O) groups is 2. The van der Waals surface area contributed by atoms with Crippen molar-refractivity contribution in [3.05, 3.63) is 0 Å². The molecule has 1 amide bonds. The van der Waals surface area contributed by atoms with Crippen molar-refractivity contribution >= 4 is 24.1 Å². The highest BCUT2D eigenvalue weighted by Crippen LogP contribution is 2.26. The maximum atomic E-state index is 10.6. The molecule has 0 saturated carbocycles. The fourth-order valence-electron chi connectivity index (χ4n) is 1.30. The van der Waals surface area contributed by atoms with E-state index in [-0.39, 0.29) is 5.92 Å². The SMILES string of the molecule is O=CNC(C(=O)O)C1CCSC1. The summed E-state index contributed by atoms with van der Waals surface area (Å²) in [5.74, 6) is 0.986. The molecule has 0 aliphatic carbocycles. The molecule has 0 radical (unpaired) electrons. The van der Waals surface area contributed by atoms with Crippen molar-refractivity contribution in [1.82, 2.24) is 5.32 Å². The minimum Gasteiger partial charge on any atom is -0.480 e. The van der Waals surface area contributed by atoms with Gasteiger partial charge in [0.05, 0.1) is 0 Å². The van der Waals surface area contributed by atoms with Crippen LogP contribution in [0.4, 0.5) is 0 Å². The van der Waals surface area contributed by atoms with Crippen LogP contribution in [0, 0.1) is 5.92 Å². The summed E-state index contributed by atoms with van der Waals surface area (Å²) in [6.45, 7) is 0. The van der Waals surface area contributed by atoms with Crippen molar-refractivity contribution in [2.24, 2.45) is 5.92 Å². The Morgan fingerprint density at radius 2 is 2.50 bits per heavy atom. The van der Waals surface area contributed by atoms with Crippen LogP contribution in [-0.4, -0.2) is 35.0 Å². The third-order valence-corrected chi connectivity index (χ3v) is 3.14. The Hall–Kier alpha value is -0.710. The van der Waals surface area contributed by atoms with Gasteiger partial charge in [-0.1, -0.05) is 0 Å². The van der Waals surface area contributed by atoms with E-state index in [0.717, 1.165) is 17.9 Å². The molecule has 0 aromatic rings. The summed E-state index contributed by atoms with van der Waals surface area (Å²) in [4.78, 5) is 20.7. The third-order valence-electron chi connectivity index (χ3n) is 1.95. The van der Waals surface area contributed by atoms with Gasteiger partial charge in [0.2, 0.25) is 6.41 Å². The molecule has 1 heterocycles. The van der Waals surface area contributed by atoms with Crippen molar-refractivity contribution in [1.29, 1.82) is 0 Å². The monoisotopic (exact) mass is 189 g/mol. The summed E-state index contributed by atoms with van der Waals surface area (Å²) in [6, 6.07) is -0.697. The molecule has 2 unspecified atom stereocenters. The highest BCUT2D eigenvalue weighted by molar-refractivity contribution is 7.99. The van der Waals surface area contributed by atoms with E-state index < -0.39 is 12.0 Å². The minimum atomic E-state index is -0.936. The van der Waals surface area contributed by atoms with Crippen molar-refractivity contribution in [3.8, 4) is 0 Å². The topological polar surface area (TPSA) is 66.4 Å². The Bertz CT molecular complexity index is 179. The second-order valence-corrected chi connectivity index (χ2v) is 3.87. The summed E-state index contributed by atoms with van der Waals surface area (Å²) < 4.78 is 0. The zero-order valence-electron chi connectivity index (χ0n) is 6.53. The molecular weight excluding hydrogens is 178 g/mol. The number of carboxylic acid groups (broad SMARTS) is 1. The van der Waals surface area contributed by atoms with Crippen LogP contribution < -0.4 is 5.32 Å². The molecule has 1 rings (SSSR count). The number of thioether (sulfide) groups is 1. The largest absolute Gasteiger partial charge is 0.480 e. The van der Waals surface area contributed by atoms with Crippen LogP contribution >= 0.6 is 11.8 Å². The van der Waals surface area contributed by atoms with Gasteiger partial charge in [-0.15, -0.1) is 0 Å². The predicted octanol–water partition coefficient (Wildman–Crippen LogP) is -0.0613. The lowest BCUT2D eigenvalue weighted by Gasteiger charge is -2.16. The first-order valence-electron chi connectivity index (χ1n) is 3.76. The lowest BCUT2D eigenvalue weighted by Crippen LogP contribution is -2.42. The molecule has 0 aromatic heterocycles. The Labute approximate surface area is 74.7 Å². The molecule has 1 aliphatic heterocycles. The van der Waals surface area contributed by atoms with E-state index in [0.29, 0.717) is 6.41 Å². The van der Waals surface area contributed by atoms with Crippen LogP contribution in [0.15, 0.2) is 0 Å². The normalized spacial score (nSPS) is 24.8. The number of amides is 1. The van der Waals surface area contributed by atoms with Gasteiger partial charge in [-0.2, -0.15) is 11.8 Å². The van der Waals surface area contributed by atoms with Crippen molar-refractivity contribution in [2.45, 2.75) is 12.5 Å². The Balaban J connectivity index is 2.51. The van der Waals surface area contributed by atoms with Crippen molar-refractivity contribution in [3.63, 3.8) is 0 Å². The molecule has 2 atom stereocenters. The van der Waals surface area contributed by atoms with E-state index in [9.17, 15) is 9.59 Å². The van der Waals surface area contributed by atoms with E-state index in [4.69, 9.17) is 5.11 Å². The number of carbonyl (C=O) groups excluding carboxylic acids is 1. The lowest BCUT2D eigenvalue weighted by atomic mass is 10.00. The van der Waals surface area contributed by atoms with E-state index in [1.807, 2.05) is 0 Å². The number of hydrogen-bond acceptors (Lipinski definition) is 3. The molecule has 1 saturated heterocycles. The molecule has 0 spiro atoms. The first-order chi connectivity index (χ1) is 5.75. The van der Waals surface area contributed by atoms with Gasteiger partial charge < -0.3 is 10.4 Å². The van der Waals surface area contributed by atoms with Gasteiger partial charge >= 0.3 is 5.97 Å². The molecule has 5 heteroatoms. The van der Waals surface area contributed by atoms with E-state index >= 15 is 0 Å². The van der Waals surface area contributed by atoms with Crippen LogP contribution in [0.1, 0.15) is 6.42 Å². The fraction of sp³-hybridized carbons (Fsp3) is 0.714. The third kappa shape index (κ3) is 2.14. The molecule has 4 nitrogen and oxygen atoms in total. The van der Waals surface area contributed by atoms with Crippen LogP contribution in [-0.2, 0) is 9.59 Å². The number of aliphatic carboxylic acids is 1. The van der Waals surface area contributed by atoms with Gasteiger partial charge in [0.1, 0.15) is 6.04 Å². The quantitative estimate of drug-likeness (QED) is 0.608. The Kier molecular flexibility index (Phi) is 3.40. The van der Waals surface area contributed by atoms with Gasteiger partial charge in [0.15, 0.2) is 0 Å². The average Bonchev–Trinajstić information content (AvgIpc) is 2.51. The minimum absolute atomic E-state index is 0.0951. The summed E-state index contributed by atoms with van der Waals surface area (Å²) in [6.07, 6.45) is 1.34. The second kappa shape index (κ2) is 4.35. The van der Waals surface area contributed by atoms with Crippen LogP contribution in [0.3, 0.4) is 0 Å². The molecule has 1 fully saturated rings. The molecule has 68 valence electrons. The molecule has 0 aromatic carbocycles. The Morgan fingerprint density at radius 1 is 1.75 bits per heavy atom. The van der Waals surface area contributed by atoms with Crippen LogP contribution in [0.25, 0.3) is 0 Å². The van der Waals surface area contributed by atoms with E-state index in [1.54, 1.807) is 11.8 Å².